The molecule has 0 spiro atoms. The van der Waals surface area contributed by atoms with Crippen LogP contribution in [0.4, 0.5) is 0 Å². The van der Waals surface area contributed by atoms with Crippen LogP contribution in [0.5, 0.6) is 5.75 Å². The molecule has 1 aromatic carbocycles. The van der Waals surface area contributed by atoms with Crippen LogP contribution in [0.3, 0.4) is 0 Å². The summed E-state index contributed by atoms with van der Waals surface area (Å²) in [6, 6.07) is 7.95. The third-order valence-corrected chi connectivity index (χ3v) is 7.77. The highest BCUT2D eigenvalue weighted by Crippen LogP contribution is 2.62. The molecule has 2 saturated carbocycles. The van der Waals surface area contributed by atoms with E-state index in [1.54, 1.807) is 0 Å². The molecule has 0 radical (unpaired) electrons. The summed E-state index contributed by atoms with van der Waals surface area (Å²) < 4.78 is 1.87. The van der Waals surface area contributed by atoms with E-state index in [-0.39, 0.29) is 11.5 Å². The molecule has 4 nitrogen and oxygen atoms in total. The average Bonchev–Trinajstić information content (AvgIpc) is 3.17. The molecule has 0 unspecified atom stereocenters. The Hall–Kier alpha value is -2.07. The zero-order chi connectivity index (χ0) is 18.8. The number of nitrogens with zero attached hydrogens (tertiary/aromatic N) is 2. The van der Waals surface area contributed by atoms with Crippen LogP contribution in [0.1, 0.15) is 55.3 Å². The molecule has 0 amide bonds. The van der Waals surface area contributed by atoms with Crippen LogP contribution >= 0.6 is 0 Å². The second-order valence-electron chi connectivity index (χ2n) is 9.05. The fourth-order valence-corrected chi connectivity index (χ4v) is 6.28. The zero-order valence-electron chi connectivity index (χ0n) is 16.1. The lowest BCUT2D eigenvalue weighted by Crippen LogP contribution is -2.44. The molecule has 2 N–H and O–H groups in total. The van der Waals surface area contributed by atoms with Crippen molar-refractivity contribution in [1.82, 2.24) is 9.78 Å². The minimum Gasteiger partial charge on any atom is -0.508 e. The molecular formula is C23H28N2O2. The standard InChI is InChI=1S/C23H28N2O2/c1-23-9-7-19-18-6-4-17(26)12-14(18)3-5-20(19)21(23)13-15(22(23)27)11-16-8-10-24-25(16)2/h4,6,8,10-12,19-22,26-27H,3,5,7,9,13H2,1-2H3/b15-11+/t19-,20+,21+,22+,23+/m0/s1. The van der Waals surface area contributed by atoms with Gasteiger partial charge in [-0.1, -0.05) is 13.0 Å². The predicted molar refractivity (Wildman–Crippen MR) is 105 cm³/mol. The van der Waals surface area contributed by atoms with E-state index < -0.39 is 0 Å². The highest BCUT2D eigenvalue weighted by Gasteiger charge is 2.56. The molecule has 3 aliphatic carbocycles. The van der Waals surface area contributed by atoms with Gasteiger partial charge < -0.3 is 10.2 Å². The Balaban J connectivity index is 1.50. The molecule has 0 aliphatic heterocycles. The topological polar surface area (TPSA) is 58.3 Å². The lowest BCUT2D eigenvalue weighted by molar-refractivity contribution is -0.0158. The smallest absolute Gasteiger partial charge is 0.115 e. The largest absolute Gasteiger partial charge is 0.508 e. The highest BCUT2D eigenvalue weighted by molar-refractivity contribution is 5.52. The number of phenolic OH excluding ortho intramolecular Hbond substituents is 1. The lowest BCUT2D eigenvalue weighted by Gasteiger charge is -2.49. The maximum absolute atomic E-state index is 11.2. The minimum absolute atomic E-state index is 0.0278. The Morgan fingerprint density at radius 1 is 1.26 bits per heavy atom. The summed E-state index contributed by atoms with van der Waals surface area (Å²) in [5.41, 5.74) is 4.96. The molecular weight excluding hydrogens is 336 g/mol. The maximum atomic E-state index is 11.2. The first kappa shape index (κ1) is 17.1. The van der Waals surface area contributed by atoms with E-state index in [1.807, 2.05) is 36.1 Å². The van der Waals surface area contributed by atoms with Crippen molar-refractivity contribution in [3.63, 3.8) is 0 Å². The summed E-state index contributed by atoms with van der Waals surface area (Å²) >= 11 is 0. The summed E-state index contributed by atoms with van der Waals surface area (Å²) in [4.78, 5) is 0. The molecule has 5 atom stereocenters. The fraction of sp³-hybridized carbons (Fsp3) is 0.522. The van der Waals surface area contributed by atoms with Crippen LogP contribution < -0.4 is 0 Å². The highest BCUT2D eigenvalue weighted by atomic mass is 16.3. The van der Waals surface area contributed by atoms with Gasteiger partial charge in [0.15, 0.2) is 0 Å². The van der Waals surface area contributed by atoms with E-state index >= 15 is 0 Å². The number of fused-ring (bicyclic) bond motifs is 5. The van der Waals surface area contributed by atoms with Crippen molar-refractivity contribution in [2.75, 3.05) is 0 Å². The van der Waals surface area contributed by atoms with E-state index in [0.717, 1.165) is 37.8 Å². The van der Waals surface area contributed by atoms with Gasteiger partial charge in [0.05, 0.1) is 11.8 Å². The van der Waals surface area contributed by atoms with Crippen molar-refractivity contribution in [3.8, 4) is 5.75 Å². The molecule has 27 heavy (non-hydrogen) atoms. The van der Waals surface area contributed by atoms with Gasteiger partial charge in [-0.05, 0) is 90.8 Å². The Morgan fingerprint density at radius 2 is 2.11 bits per heavy atom. The number of aromatic hydroxyl groups is 1. The average molecular weight is 364 g/mol. The maximum Gasteiger partial charge on any atom is 0.115 e. The molecule has 0 bridgehead atoms. The Labute approximate surface area is 160 Å². The van der Waals surface area contributed by atoms with Crippen LogP contribution in [0.15, 0.2) is 36.0 Å². The van der Waals surface area contributed by atoms with Gasteiger partial charge >= 0.3 is 0 Å². The van der Waals surface area contributed by atoms with Gasteiger partial charge in [0.25, 0.3) is 0 Å². The van der Waals surface area contributed by atoms with Gasteiger partial charge in [-0.3, -0.25) is 4.68 Å². The van der Waals surface area contributed by atoms with Gasteiger partial charge in [-0.2, -0.15) is 5.10 Å². The molecule has 0 saturated heterocycles. The quantitative estimate of drug-likeness (QED) is 0.803. The summed E-state index contributed by atoms with van der Waals surface area (Å²) in [7, 11) is 1.95. The summed E-state index contributed by atoms with van der Waals surface area (Å²) in [5, 5.41) is 25.3. The third-order valence-electron chi connectivity index (χ3n) is 7.77. The number of phenols is 1. The Kier molecular flexibility index (Phi) is 3.77. The number of aliphatic hydroxyl groups is 1. The minimum atomic E-state index is -0.362. The van der Waals surface area contributed by atoms with Gasteiger partial charge in [-0.25, -0.2) is 0 Å². The van der Waals surface area contributed by atoms with Crippen molar-refractivity contribution in [1.29, 1.82) is 0 Å². The van der Waals surface area contributed by atoms with E-state index in [4.69, 9.17) is 0 Å². The van der Waals surface area contributed by atoms with Crippen molar-refractivity contribution in [2.24, 2.45) is 24.3 Å². The van der Waals surface area contributed by atoms with E-state index in [2.05, 4.69) is 24.2 Å². The Morgan fingerprint density at radius 3 is 2.89 bits per heavy atom. The molecule has 5 rings (SSSR count). The number of aryl methyl sites for hydroxylation is 2. The van der Waals surface area contributed by atoms with Gasteiger partial charge in [0.2, 0.25) is 0 Å². The summed E-state index contributed by atoms with van der Waals surface area (Å²) in [6.45, 7) is 2.30. The van der Waals surface area contributed by atoms with Gasteiger partial charge in [0, 0.05) is 18.7 Å². The molecule has 2 aromatic rings. The molecule has 1 aromatic heterocycles. The van der Waals surface area contributed by atoms with Gasteiger partial charge in [-0.15, -0.1) is 0 Å². The van der Waals surface area contributed by atoms with E-state index in [0.29, 0.717) is 23.5 Å². The van der Waals surface area contributed by atoms with E-state index in [1.165, 1.54) is 16.7 Å². The van der Waals surface area contributed by atoms with Crippen LogP contribution in [-0.2, 0) is 13.5 Å². The summed E-state index contributed by atoms with van der Waals surface area (Å²) in [5.74, 6) is 2.08. The fourth-order valence-electron chi connectivity index (χ4n) is 6.28. The number of hydrogen-bond acceptors (Lipinski definition) is 3. The van der Waals surface area contributed by atoms with Crippen LogP contribution in [0, 0.1) is 17.3 Å². The first-order valence-corrected chi connectivity index (χ1v) is 10.2. The number of benzene rings is 1. The molecule has 3 aliphatic rings. The second kappa shape index (κ2) is 5.96. The number of aliphatic hydroxyl groups excluding tert-OH is 1. The Bertz CT molecular complexity index is 915. The number of aromatic nitrogens is 2. The number of hydrogen-bond donors (Lipinski definition) is 2. The molecule has 2 fully saturated rings. The van der Waals surface area contributed by atoms with Crippen molar-refractivity contribution < 1.29 is 10.2 Å². The van der Waals surface area contributed by atoms with Gasteiger partial charge in [0.1, 0.15) is 5.75 Å². The first-order valence-electron chi connectivity index (χ1n) is 10.2. The summed E-state index contributed by atoms with van der Waals surface area (Å²) in [6.07, 6.45) is 8.98. The SMILES string of the molecule is Cn1nccc1/C=C1\C[C@@H]2[C@@H]3CCc4cc(O)ccc4[C@@H]3CC[C@@]2(C)[C@@H]1O. The lowest BCUT2D eigenvalue weighted by atomic mass is 9.55. The first-order chi connectivity index (χ1) is 13.0. The van der Waals surface area contributed by atoms with Crippen LogP contribution in [0.25, 0.3) is 6.08 Å². The van der Waals surface area contributed by atoms with Crippen molar-refractivity contribution in [2.45, 2.75) is 51.0 Å². The van der Waals surface area contributed by atoms with Crippen molar-refractivity contribution in [3.05, 3.63) is 52.9 Å². The molecule has 4 heteroatoms. The van der Waals surface area contributed by atoms with E-state index in [9.17, 15) is 10.2 Å². The third kappa shape index (κ3) is 2.49. The molecule has 1 heterocycles. The van der Waals surface area contributed by atoms with Crippen LogP contribution in [-0.4, -0.2) is 26.1 Å². The normalized spacial score (nSPS) is 36.3. The van der Waals surface area contributed by atoms with Crippen LogP contribution in [0.2, 0.25) is 0 Å². The monoisotopic (exact) mass is 364 g/mol. The predicted octanol–water partition coefficient (Wildman–Crippen LogP) is 4.04. The second-order valence-corrected chi connectivity index (χ2v) is 9.05. The molecule has 142 valence electrons. The zero-order valence-corrected chi connectivity index (χ0v) is 16.1. The number of rotatable bonds is 1. The van der Waals surface area contributed by atoms with Crippen molar-refractivity contribution >= 4 is 6.08 Å².